The molecule has 0 atom stereocenters. The van der Waals surface area contributed by atoms with Gasteiger partial charge < -0.3 is 14.4 Å². The Kier molecular flexibility index (Phi) is 16.4. The number of hydrogen-bond donors (Lipinski definition) is 0. The Balaban J connectivity index is 0.000000653. The van der Waals surface area contributed by atoms with Crippen molar-refractivity contribution in [3.05, 3.63) is 35.4 Å². The van der Waals surface area contributed by atoms with E-state index in [1.807, 2.05) is 13.8 Å². The summed E-state index contributed by atoms with van der Waals surface area (Å²) in [4.78, 5) is 8.97. The zero-order valence-corrected chi connectivity index (χ0v) is 23.2. The molecule has 2 aliphatic rings. The number of likely N-dealkylation sites (tertiary alicyclic amines) is 2. The SMILES string of the molecule is CN=C(C)C.O=S(=O)([O-])C(F)(F)F.[Pt+2].[c-]1c(CN2CCCCC2)cccc1CN1CCCCC1. The van der Waals surface area contributed by atoms with Gasteiger partial charge in [0.15, 0.2) is 10.1 Å². The third kappa shape index (κ3) is 14.6. The molecular formula is C23H36F3N3O3PtS. The summed E-state index contributed by atoms with van der Waals surface area (Å²) in [5, 5.41) is 0. The molecule has 198 valence electrons. The Morgan fingerprint density at radius 1 is 0.941 bits per heavy atom. The zero-order chi connectivity index (χ0) is 24.9. The largest absolute Gasteiger partial charge is 2.00 e. The first-order chi connectivity index (χ1) is 15.4. The molecule has 0 radical (unpaired) electrons. The molecule has 2 fully saturated rings. The molecule has 3 rings (SSSR count). The van der Waals surface area contributed by atoms with E-state index in [2.05, 4.69) is 39.1 Å². The van der Waals surface area contributed by atoms with Crippen LogP contribution in [-0.2, 0) is 44.3 Å². The van der Waals surface area contributed by atoms with Crippen LogP contribution in [0.1, 0.15) is 63.5 Å². The molecule has 0 amide bonds. The molecular weight excluding hydrogens is 650 g/mol. The van der Waals surface area contributed by atoms with Crippen LogP contribution in [0.15, 0.2) is 23.2 Å². The second-order valence-corrected chi connectivity index (χ2v) is 9.82. The monoisotopic (exact) mass is 686 g/mol. The van der Waals surface area contributed by atoms with Crippen LogP contribution in [0, 0.1) is 6.07 Å². The van der Waals surface area contributed by atoms with Crippen molar-refractivity contribution in [1.29, 1.82) is 0 Å². The summed E-state index contributed by atoms with van der Waals surface area (Å²) in [6, 6.07) is 10.4. The van der Waals surface area contributed by atoms with E-state index in [1.165, 1.54) is 75.8 Å². The van der Waals surface area contributed by atoms with Gasteiger partial charge in [0, 0.05) is 25.8 Å². The summed E-state index contributed by atoms with van der Waals surface area (Å²) in [6.45, 7) is 11.2. The Bertz CT molecular complexity index is 785. The normalized spacial score (nSPS) is 17.3. The molecule has 6 nitrogen and oxygen atoms in total. The first-order valence-electron chi connectivity index (χ1n) is 11.3. The van der Waals surface area contributed by atoms with Crippen LogP contribution < -0.4 is 0 Å². The van der Waals surface area contributed by atoms with E-state index in [0.717, 1.165) is 18.8 Å². The van der Waals surface area contributed by atoms with Gasteiger partial charge in [0.1, 0.15) is 0 Å². The standard InChI is InChI=1S/C18H27N2.C4H9N.CHF3O3S.Pt/c1-3-10-19(11-4-1)15-17-8-7-9-18(14-17)16-20-12-5-2-6-13-20;1-4(2)5-3;2-1(3,4)8(5,6)7;/h7-9H,1-6,10-13,15-16H2;1-3H3;(H,5,6,7);/q-1;;;+2/p-1. The van der Waals surface area contributed by atoms with Crippen molar-refractivity contribution in [3.8, 4) is 0 Å². The number of hydrogen-bond acceptors (Lipinski definition) is 6. The molecule has 0 bridgehead atoms. The van der Waals surface area contributed by atoms with Gasteiger partial charge in [0.05, 0.1) is 0 Å². The number of halogens is 3. The predicted octanol–water partition coefficient (Wildman–Crippen LogP) is 4.60. The smallest absolute Gasteiger partial charge is 0.741 e. The van der Waals surface area contributed by atoms with Crippen LogP contribution in [0.3, 0.4) is 0 Å². The molecule has 1 aromatic carbocycles. The minimum Gasteiger partial charge on any atom is -0.741 e. The molecule has 11 heteroatoms. The van der Waals surface area contributed by atoms with Crippen molar-refractivity contribution in [2.45, 2.75) is 71.0 Å². The maximum Gasteiger partial charge on any atom is 2.00 e. The second kappa shape index (κ2) is 16.8. The molecule has 2 heterocycles. The van der Waals surface area contributed by atoms with Gasteiger partial charge in [0.2, 0.25) is 0 Å². The maximum atomic E-state index is 10.7. The average molecular weight is 687 g/mol. The third-order valence-electron chi connectivity index (χ3n) is 5.33. The molecule has 0 spiro atoms. The van der Waals surface area contributed by atoms with Crippen molar-refractivity contribution in [2.24, 2.45) is 4.99 Å². The maximum absolute atomic E-state index is 10.7. The van der Waals surface area contributed by atoms with Crippen LogP contribution in [0.2, 0.25) is 0 Å². The van der Waals surface area contributed by atoms with E-state index < -0.39 is 15.6 Å². The molecule has 0 unspecified atom stereocenters. The Morgan fingerprint density at radius 3 is 1.53 bits per heavy atom. The predicted molar refractivity (Wildman–Crippen MR) is 124 cm³/mol. The van der Waals surface area contributed by atoms with E-state index in [4.69, 9.17) is 13.0 Å². The van der Waals surface area contributed by atoms with Gasteiger partial charge in [-0.25, -0.2) is 8.42 Å². The molecule has 0 aliphatic carbocycles. The molecule has 0 aromatic heterocycles. The second-order valence-electron chi connectivity index (χ2n) is 8.45. The number of alkyl halides is 3. The Hall–Kier alpha value is -0.802. The Morgan fingerprint density at radius 2 is 1.26 bits per heavy atom. The molecule has 0 N–H and O–H groups in total. The summed E-state index contributed by atoms with van der Waals surface area (Å²) in [7, 11) is -4.30. The van der Waals surface area contributed by atoms with E-state index >= 15 is 0 Å². The van der Waals surface area contributed by atoms with Crippen LogP contribution in [0.5, 0.6) is 0 Å². The number of rotatable bonds is 4. The van der Waals surface area contributed by atoms with Crippen LogP contribution in [0.25, 0.3) is 0 Å². The van der Waals surface area contributed by atoms with E-state index in [0.29, 0.717) is 0 Å². The van der Waals surface area contributed by atoms with Crippen molar-refractivity contribution < 1.29 is 47.2 Å². The van der Waals surface area contributed by atoms with E-state index in [-0.39, 0.29) is 21.1 Å². The number of piperidine rings is 2. The quantitative estimate of drug-likeness (QED) is 0.201. The van der Waals surface area contributed by atoms with Crippen LogP contribution >= 0.6 is 0 Å². The van der Waals surface area contributed by atoms with Crippen molar-refractivity contribution in [2.75, 3.05) is 33.2 Å². The van der Waals surface area contributed by atoms with Gasteiger partial charge in [-0.2, -0.15) is 37.4 Å². The fraction of sp³-hybridized carbons (Fsp3) is 0.696. The minimum absolute atomic E-state index is 0. The first-order valence-corrected chi connectivity index (χ1v) is 12.7. The third-order valence-corrected chi connectivity index (χ3v) is 5.90. The molecule has 2 saturated heterocycles. The van der Waals surface area contributed by atoms with E-state index in [1.54, 1.807) is 7.05 Å². The van der Waals surface area contributed by atoms with Gasteiger partial charge in [0.25, 0.3) is 0 Å². The van der Waals surface area contributed by atoms with Crippen LogP contribution in [-0.4, -0.2) is 67.2 Å². The van der Waals surface area contributed by atoms with Gasteiger partial charge in [-0.15, -0.1) is 11.1 Å². The summed E-state index contributed by atoms with van der Waals surface area (Å²) in [5.74, 6) is 0. The summed E-state index contributed by atoms with van der Waals surface area (Å²) < 4.78 is 58.9. The molecule has 2 aliphatic heterocycles. The van der Waals surface area contributed by atoms with Gasteiger partial charge in [-0.1, -0.05) is 12.8 Å². The van der Waals surface area contributed by atoms with E-state index in [9.17, 15) is 13.2 Å². The van der Waals surface area contributed by atoms with Crippen LogP contribution in [0.4, 0.5) is 13.2 Å². The zero-order valence-electron chi connectivity index (χ0n) is 20.1. The van der Waals surface area contributed by atoms with Crippen molar-refractivity contribution >= 4 is 15.8 Å². The topological polar surface area (TPSA) is 76.0 Å². The molecule has 1 aromatic rings. The Labute approximate surface area is 217 Å². The summed E-state index contributed by atoms with van der Waals surface area (Å²) >= 11 is 0. The number of benzene rings is 1. The molecule has 34 heavy (non-hydrogen) atoms. The summed E-state index contributed by atoms with van der Waals surface area (Å²) in [6.07, 6.45) is 8.30. The fourth-order valence-electron chi connectivity index (χ4n) is 3.47. The van der Waals surface area contributed by atoms with Crippen molar-refractivity contribution in [3.63, 3.8) is 0 Å². The van der Waals surface area contributed by atoms with Crippen molar-refractivity contribution in [1.82, 2.24) is 9.80 Å². The van der Waals surface area contributed by atoms with Gasteiger partial charge in [-0.3, -0.25) is 4.99 Å². The average Bonchev–Trinajstić information content (AvgIpc) is 2.75. The molecule has 0 saturated carbocycles. The number of aliphatic imine (C=N–C) groups is 1. The number of nitrogens with zero attached hydrogens (tertiary/aromatic N) is 3. The first kappa shape index (κ1) is 33.2. The fourth-order valence-corrected chi connectivity index (χ4v) is 3.47. The summed E-state index contributed by atoms with van der Waals surface area (Å²) in [5.41, 5.74) is -1.76. The van der Waals surface area contributed by atoms with Gasteiger partial charge in [-0.05, 0) is 65.7 Å². The minimum atomic E-state index is -6.09. The van der Waals surface area contributed by atoms with Gasteiger partial charge >= 0.3 is 26.6 Å².